The van der Waals surface area contributed by atoms with E-state index in [9.17, 15) is 13.2 Å². The van der Waals surface area contributed by atoms with E-state index in [1.54, 1.807) is 6.92 Å². The second kappa shape index (κ2) is 3.67. The summed E-state index contributed by atoms with van der Waals surface area (Å²) in [6.07, 6.45) is -3.85. The van der Waals surface area contributed by atoms with E-state index in [0.29, 0.717) is 0 Å². The van der Waals surface area contributed by atoms with E-state index < -0.39 is 18.0 Å². The summed E-state index contributed by atoms with van der Waals surface area (Å²) in [6, 6.07) is 0. The molecule has 1 saturated carbocycles. The van der Waals surface area contributed by atoms with Crippen LogP contribution in [-0.4, -0.2) is 6.18 Å². The summed E-state index contributed by atoms with van der Waals surface area (Å²) in [4.78, 5) is 0. The largest absolute Gasteiger partial charge is 0.389 e. The predicted octanol–water partition coefficient (Wildman–Crippen LogP) is 4.01. The molecule has 0 nitrogen and oxygen atoms in total. The van der Waals surface area contributed by atoms with Crippen molar-refractivity contribution in [2.45, 2.75) is 46.7 Å². The highest BCUT2D eigenvalue weighted by Crippen LogP contribution is 2.57. The van der Waals surface area contributed by atoms with Gasteiger partial charge in [-0.15, -0.1) is 0 Å². The zero-order valence-electron chi connectivity index (χ0n) is 8.13. The molecule has 0 amide bonds. The van der Waals surface area contributed by atoms with Gasteiger partial charge in [0, 0.05) is 6.42 Å². The van der Waals surface area contributed by atoms with Crippen LogP contribution in [-0.2, 0) is 0 Å². The minimum Gasteiger partial charge on any atom is -0.171 e. The van der Waals surface area contributed by atoms with Crippen molar-refractivity contribution in [1.29, 1.82) is 0 Å². The van der Waals surface area contributed by atoms with Gasteiger partial charge in [0.05, 0.1) is 0 Å². The Bertz CT molecular complexity index is 139. The van der Waals surface area contributed by atoms with Crippen molar-refractivity contribution >= 4 is 0 Å². The van der Waals surface area contributed by atoms with Crippen LogP contribution in [0.5, 0.6) is 0 Å². The average Bonchev–Trinajstić information content (AvgIpc) is 2.40. The molecule has 74 valence electrons. The number of hydrogen-bond donors (Lipinski definition) is 0. The quantitative estimate of drug-likeness (QED) is 0.574. The predicted molar refractivity (Wildman–Crippen MR) is 43.9 cm³/mol. The molecule has 0 spiro atoms. The Morgan fingerprint density at radius 2 is 1.67 bits per heavy atom. The summed E-state index contributed by atoms with van der Waals surface area (Å²) in [6.45, 7) is 7.57. The Kier molecular flexibility index (Phi) is 3.60. The lowest BCUT2D eigenvalue weighted by Gasteiger charge is -2.12. The van der Waals surface area contributed by atoms with Gasteiger partial charge in [0.2, 0.25) is 0 Å². The summed E-state index contributed by atoms with van der Waals surface area (Å²) in [7, 11) is 0. The molecule has 0 aromatic carbocycles. The fourth-order valence-corrected chi connectivity index (χ4v) is 1.34. The van der Waals surface area contributed by atoms with Crippen molar-refractivity contribution in [2.24, 2.45) is 11.3 Å². The van der Waals surface area contributed by atoms with Gasteiger partial charge in [-0.25, -0.2) is 0 Å². The molecule has 1 rings (SSSR count). The van der Waals surface area contributed by atoms with Gasteiger partial charge in [0.15, 0.2) is 0 Å². The fraction of sp³-hybridized carbons (Fsp3) is 1.00. The molecule has 3 heteroatoms. The Balaban J connectivity index is 0.000000561. The van der Waals surface area contributed by atoms with Crippen molar-refractivity contribution in [2.75, 3.05) is 0 Å². The third kappa shape index (κ3) is 3.46. The molecule has 0 bridgehead atoms. The zero-order chi connectivity index (χ0) is 9.99. The first kappa shape index (κ1) is 11.8. The van der Waals surface area contributed by atoms with Gasteiger partial charge in [0.25, 0.3) is 0 Å². The van der Waals surface area contributed by atoms with Crippen LogP contribution >= 0.6 is 0 Å². The van der Waals surface area contributed by atoms with Gasteiger partial charge < -0.3 is 0 Å². The Hall–Kier alpha value is -0.210. The van der Waals surface area contributed by atoms with Crippen LogP contribution in [0.2, 0.25) is 0 Å². The molecular weight excluding hydrogens is 165 g/mol. The average molecular weight is 182 g/mol. The molecule has 1 fully saturated rings. The lowest BCUT2D eigenvalue weighted by Crippen LogP contribution is -2.14. The first-order valence-corrected chi connectivity index (χ1v) is 4.40. The maximum Gasteiger partial charge on any atom is 0.389 e. The van der Waals surface area contributed by atoms with Crippen LogP contribution in [0, 0.1) is 11.3 Å². The smallest absolute Gasteiger partial charge is 0.171 e. The summed E-state index contributed by atoms with van der Waals surface area (Å²) in [5.74, 6) is 0.258. The third-order valence-electron chi connectivity index (χ3n) is 2.41. The highest BCUT2D eigenvalue weighted by molar-refractivity contribution is 4.97. The SMILES string of the molecule is CC.CC1CC1(C)CC(F)(F)F. The van der Waals surface area contributed by atoms with E-state index in [1.807, 2.05) is 20.8 Å². The fourth-order valence-electron chi connectivity index (χ4n) is 1.34. The normalized spacial score (nSPS) is 33.8. The topological polar surface area (TPSA) is 0 Å². The minimum atomic E-state index is -3.97. The molecule has 1 aliphatic rings. The summed E-state index contributed by atoms with van der Waals surface area (Å²) >= 11 is 0. The zero-order valence-corrected chi connectivity index (χ0v) is 8.13. The second-order valence-electron chi connectivity index (χ2n) is 3.55. The number of alkyl halides is 3. The molecular formula is C9H17F3. The summed E-state index contributed by atoms with van der Waals surface area (Å²) in [5.41, 5.74) is -0.432. The minimum absolute atomic E-state index is 0.258. The first-order valence-electron chi connectivity index (χ1n) is 4.40. The Labute approximate surface area is 72.2 Å². The lowest BCUT2D eigenvalue weighted by molar-refractivity contribution is -0.147. The number of hydrogen-bond acceptors (Lipinski definition) is 0. The highest BCUT2D eigenvalue weighted by Gasteiger charge is 2.52. The van der Waals surface area contributed by atoms with Crippen LogP contribution in [0.3, 0.4) is 0 Å². The lowest BCUT2D eigenvalue weighted by atomic mass is 10.0. The molecule has 0 aliphatic heterocycles. The molecule has 0 aromatic heterocycles. The van der Waals surface area contributed by atoms with Crippen LogP contribution in [0.15, 0.2) is 0 Å². The highest BCUT2D eigenvalue weighted by atomic mass is 19.4. The summed E-state index contributed by atoms with van der Waals surface area (Å²) < 4.78 is 35.3. The molecule has 0 N–H and O–H groups in total. The van der Waals surface area contributed by atoms with E-state index in [4.69, 9.17) is 0 Å². The van der Waals surface area contributed by atoms with Crippen molar-refractivity contribution in [3.8, 4) is 0 Å². The molecule has 1 aliphatic carbocycles. The molecule has 0 aromatic rings. The molecule has 12 heavy (non-hydrogen) atoms. The molecule has 2 unspecified atom stereocenters. The number of halogens is 3. The standard InChI is InChI=1S/C7H11F3.C2H6/c1-5-3-6(5,2)4-7(8,9)10;1-2/h5H,3-4H2,1-2H3;1-2H3. The van der Waals surface area contributed by atoms with Crippen LogP contribution < -0.4 is 0 Å². The Morgan fingerprint density at radius 3 is 1.75 bits per heavy atom. The van der Waals surface area contributed by atoms with Gasteiger partial charge in [-0.2, -0.15) is 13.2 Å². The molecule has 0 heterocycles. The van der Waals surface area contributed by atoms with E-state index >= 15 is 0 Å². The van der Waals surface area contributed by atoms with Crippen molar-refractivity contribution in [3.05, 3.63) is 0 Å². The van der Waals surface area contributed by atoms with Crippen LogP contribution in [0.25, 0.3) is 0 Å². The van der Waals surface area contributed by atoms with E-state index in [0.717, 1.165) is 6.42 Å². The van der Waals surface area contributed by atoms with Crippen LogP contribution in [0.4, 0.5) is 13.2 Å². The van der Waals surface area contributed by atoms with Gasteiger partial charge >= 0.3 is 6.18 Å². The summed E-state index contributed by atoms with van der Waals surface area (Å²) in [5, 5.41) is 0. The van der Waals surface area contributed by atoms with Crippen LogP contribution in [0.1, 0.15) is 40.5 Å². The Morgan fingerprint density at radius 1 is 1.33 bits per heavy atom. The van der Waals surface area contributed by atoms with Gasteiger partial charge in [-0.1, -0.05) is 27.7 Å². The van der Waals surface area contributed by atoms with E-state index in [1.165, 1.54) is 0 Å². The molecule has 0 radical (unpaired) electrons. The van der Waals surface area contributed by atoms with Gasteiger partial charge in [-0.05, 0) is 17.8 Å². The molecule has 0 saturated heterocycles. The van der Waals surface area contributed by atoms with Crippen molar-refractivity contribution in [3.63, 3.8) is 0 Å². The van der Waals surface area contributed by atoms with Crippen molar-refractivity contribution in [1.82, 2.24) is 0 Å². The second-order valence-corrected chi connectivity index (χ2v) is 3.55. The maximum absolute atomic E-state index is 11.8. The first-order chi connectivity index (χ1) is 5.33. The molecule has 2 atom stereocenters. The van der Waals surface area contributed by atoms with Crippen molar-refractivity contribution < 1.29 is 13.2 Å². The van der Waals surface area contributed by atoms with Gasteiger partial charge in [0.1, 0.15) is 0 Å². The maximum atomic E-state index is 11.8. The van der Waals surface area contributed by atoms with Gasteiger partial charge in [-0.3, -0.25) is 0 Å². The van der Waals surface area contributed by atoms with E-state index in [-0.39, 0.29) is 5.92 Å². The number of rotatable bonds is 1. The van der Waals surface area contributed by atoms with E-state index in [2.05, 4.69) is 0 Å². The third-order valence-corrected chi connectivity index (χ3v) is 2.41. The monoisotopic (exact) mass is 182 g/mol.